The molecule has 13 rings (SSSR count). The van der Waals surface area contributed by atoms with Crippen LogP contribution in [0.25, 0.3) is 87.8 Å². The van der Waals surface area contributed by atoms with Crippen molar-refractivity contribution in [3.8, 4) is 17.2 Å². The third-order valence-corrected chi connectivity index (χ3v) is 12.9. The molecular weight excluding hydrogens is 729 g/mol. The minimum atomic E-state index is 0.158. The quantitative estimate of drug-likeness (QED) is 0.167. The standard InChI is InChI=1S/C56H36N4/c1-2-14-35(15-3-1)55-57-50-23-11-8-22-46(50)56(58-55)60-52-25-13-10-21-45(52)49-33-37(27-31-54(49)60)36-26-30-53-48(32-36)44-20-9-12-24-51(44)59(53)38-28-29-43-41-18-5-4-16-39(41)40-17-6-7-19-42(40)47(43)34-38/h1-34,48,53H. The van der Waals surface area contributed by atoms with Crippen LogP contribution in [0.1, 0.15) is 17.0 Å². The van der Waals surface area contributed by atoms with Gasteiger partial charge in [0.1, 0.15) is 5.82 Å². The molecule has 60 heavy (non-hydrogen) atoms. The van der Waals surface area contributed by atoms with Crippen LogP contribution in [0.3, 0.4) is 0 Å². The number of fused-ring (bicyclic) bond motifs is 13. The molecule has 2 aliphatic rings. The van der Waals surface area contributed by atoms with Gasteiger partial charge in [-0.25, -0.2) is 9.97 Å². The van der Waals surface area contributed by atoms with Crippen molar-refractivity contribution < 1.29 is 0 Å². The Labute approximate surface area is 346 Å². The molecule has 3 heterocycles. The van der Waals surface area contributed by atoms with Crippen LogP contribution in [-0.2, 0) is 0 Å². The Balaban J connectivity index is 0.935. The summed E-state index contributed by atoms with van der Waals surface area (Å²) in [6.45, 7) is 0. The molecule has 0 bridgehead atoms. The predicted octanol–water partition coefficient (Wildman–Crippen LogP) is 14.1. The average molecular weight is 765 g/mol. The molecular formula is C56H36N4. The molecule has 4 heteroatoms. The maximum Gasteiger partial charge on any atom is 0.162 e. The van der Waals surface area contributed by atoms with Crippen LogP contribution in [0.4, 0.5) is 11.4 Å². The first-order chi connectivity index (χ1) is 29.8. The van der Waals surface area contributed by atoms with Gasteiger partial charge in [0, 0.05) is 39.0 Å². The van der Waals surface area contributed by atoms with Crippen LogP contribution in [0, 0.1) is 0 Å². The molecule has 1 aliphatic carbocycles. The molecule has 0 fully saturated rings. The monoisotopic (exact) mass is 764 g/mol. The van der Waals surface area contributed by atoms with Crippen LogP contribution < -0.4 is 4.90 Å². The first-order valence-electron chi connectivity index (χ1n) is 20.7. The first-order valence-corrected chi connectivity index (χ1v) is 20.7. The van der Waals surface area contributed by atoms with Gasteiger partial charge >= 0.3 is 0 Å². The largest absolute Gasteiger partial charge is 0.333 e. The fourth-order valence-corrected chi connectivity index (χ4v) is 10.2. The Kier molecular flexibility index (Phi) is 7.10. The van der Waals surface area contributed by atoms with E-state index in [4.69, 9.17) is 9.97 Å². The summed E-state index contributed by atoms with van der Waals surface area (Å²) in [5.41, 5.74) is 10.4. The predicted molar refractivity (Wildman–Crippen MR) is 250 cm³/mol. The lowest BCUT2D eigenvalue weighted by atomic mass is 9.86. The van der Waals surface area contributed by atoms with Crippen molar-refractivity contribution in [3.05, 3.63) is 217 Å². The summed E-state index contributed by atoms with van der Waals surface area (Å²) in [4.78, 5) is 12.9. The van der Waals surface area contributed by atoms with Crippen molar-refractivity contribution in [2.75, 3.05) is 4.90 Å². The van der Waals surface area contributed by atoms with E-state index in [1.54, 1.807) is 0 Å². The van der Waals surface area contributed by atoms with E-state index in [-0.39, 0.29) is 12.0 Å². The lowest BCUT2D eigenvalue weighted by molar-refractivity contribution is 0.747. The number of nitrogens with zero attached hydrogens (tertiary/aromatic N) is 4. The molecule has 2 atom stereocenters. The minimum absolute atomic E-state index is 0.158. The van der Waals surface area contributed by atoms with E-state index in [0.29, 0.717) is 0 Å². The second kappa shape index (κ2) is 12.8. The van der Waals surface area contributed by atoms with Gasteiger partial charge in [-0.1, -0.05) is 158 Å². The third-order valence-electron chi connectivity index (χ3n) is 12.9. The zero-order valence-electron chi connectivity index (χ0n) is 32.6. The molecule has 9 aromatic carbocycles. The van der Waals surface area contributed by atoms with Gasteiger partial charge in [-0.15, -0.1) is 0 Å². The van der Waals surface area contributed by atoms with Crippen molar-refractivity contribution in [1.82, 2.24) is 14.5 Å². The van der Waals surface area contributed by atoms with E-state index in [2.05, 4.69) is 198 Å². The van der Waals surface area contributed by atoms with Gasteiger partial charge < -0.3 is 4.90 Å². The molecule has 0 amide bonds. The fourth-order valence-electron chi connectivity index (χ4n) is 10.2. The highest BCUT2D eigenvalue weighted by atomic mass is 15.2. The molecule has 280 valence electrons. The van der Waals surface area contributed by atoms with Crippen LogP contribution in [-0.4, -0.2) is 20.6 Å². The number of hydrogen-bond acceptors (Lipinski definition) is 3. The normalized spacial score (nSPS) is 16.0. The number of anilines is 2. The van der Waals surface area contributed by atoms with Gasteiger partial charge in [0.2, 0.25) is 0 Å². The van der Waals surface area contributed by atoms with Crippen LogP contribution in [0.2, 0.25) is 0 Å². The summed E-state index contributed by atoms with van der Waals surface area (Å²) in [5, 5.41) is 11.2. The summed E-state index contributed by atoms with van der Waals surface area (Å²) in [6, 6.07) is 68.1. The topological polar surface area (TPSA) is 34.0 Å². The van der Waals surface area contributed by atoms with Gasteiger partial charge in [0.25, 0.3) is 0 Å². The van der Waals surface area contributed by atoms with E-state index >= 15 is 0 Å². The molecule has 1 aliphatic heterocycles. The zero-order valence-corrected chi connectivity index (χ0v) is 32.6. The first kappa shape index (κ1) is 33.2. The number of hydrogen-bond donors (Lipinski definition) is 0. The number of benzene rings is 9. The molecule has 0 radical (unpaired) electrons. The highest BCUT2D eigenvalue weighted by molar-refractivity contribution is 6.25. The smallest absolute Gasteiger partial charge is 0.162 e. The maximum atomic E-state index is 5.29. The Morgan fingerprint density at radius 2 is 1.07 bits per heavy atom. The maximum absolute atomic E-state index is 5.29. The lowest BCUT2D eigenvalue weighted by Gasteiger charge is -2.30. The number of allylic oxidation sites excluding steroid dienone is 2. The van der Waals surface area contributed by atoms with E-state index < -0.39 is 0 Å². The summed E-state index contributed by atoms with van der Waals surface area (Å²) < 4.78 is 2.33. The van der Waals surface area contributed by atoms with Crippen LogP contribution in [0.15, 0.2) is 206 Å². The highest BCUT2D eigenvalue weighted by Gasteiger charge is 2.38. The van der Waals surface area contributed by atoms with Gasteiger partial charge in [-0.2, -0.15) is 0 Å². The van der Waals surface area contributed by atoms with E-state index in [9.17, 15) is 0 Å². The van der Waals surface area contributed by atoms with E-state index in [1.807, 2.05) is 18.2 Å². The summed E-state index contributed by atoms with van der Waals surface area (Å²) >= 11 is 0. The second-order valence-electron chi connectivity index (χ2n) is 16.1. The molecule has 0 saturated carbocycles. The molecule has 0 saturated heterocycles. The summed E-state index contributed by atoms with van der Waals surface area (Å²) in [5.74, 6) is 1.80. The number of rotatable bonds is 4. The van der Waals surface area contributed by atoms with Crippen molar-refractivity contribution in [1.29, 1.82) is 0 Å². The van der Waals surface area contributed by atoms with Gasteiger partial charge in [-0.05, 0) is 97.5 Å². The fraction of sp³-hybridized carbons (Fsp3) is 0.0357. The van der Waals surface area contributed by atoms with E-state index in [1.165, 1.54) is 71.2 Å². The molecule has 4 nitrogen and oxygen atoms in total. The molecule has 2 aromatic heterocycles. The zero-order chi connectivity index (χ0) is 39.3. The molecule has 11 aromatic rings. The Morgan fingerprint density at radius 3 is 1.87 bits per heavy atom. The molecule has 0 spiro atoms. The SMILES string of the molecule is C1=CC2C(C=C1c1ccc3c(c1)c1ccccc1n3-c1nc(-c3ccccc3)nc3ccccc13)c1ccccc1N2c1ccc2c3ccccc3c3ccccc3c2c1. The molecule has 2 unspecified atom stereocenters. The van der Waals surface area contributed by atoms with Crippen molar-refractivity contribution in [3.63, 3.8) is 0 Å². The van der Waals surface area contributed by atoms with Crippen molar-refractivity contribution in [2.45, 2.75) is 12.0 Å². The molecule has 0 N–H and O–H groups in total. The summed E-state index contributed by atoms with van der Waals surface area (Å²) in [6.07, 6.45) is 7.26. The van der Waals surface area contributed by atoms with Gasteiger partial charge in [-0.3, -0.25) is 4.57 Å². The van der Waals surface area contributed by atoms with Crippen molar-refractivity contribution >= 4 is 82.0 Å². The Bertz CT molecular complexity index is 3600. The van der Waals surface area contributed by atoms with Crippen LogP contribution in [0.5, 0.6) is 0 Å². The third kappa shape index (κ3) is 4.85. The van der Waals surface area contributed by atoms with Crippen molar-refractivity contribution in [2.24, 2.45) is 0 Å². The van der Waals surface area contributed by atoms with E-state index in [0.717, 1.165) is 39.1 Å². The average Bonchev–Trinajstić information content (AvgIpc) is 3.83. The lowest BCUT2D eigenvalue weighted by Crippen LogP contribution is -2.28. The van der Waals surface area contributed by atoms with Gasteiger partial charge in [0.05, 0.1) is 22.6 Å². The van der Waals surface area contributed by atoms with Crippen LogP contribution >= 0.6 is 0 Å². The second-order valence-corrected chi connectivity index (χ2v) is 16.1. The Hall–Kier alpha value is -7.82. The Morgan fingerprint density at radius 1 is 0.433 bits per heavy atom. The number of para-hydroxylation sites is 3. The van der Waals surface area contributed by atoms with Gasteiger partial charge in [0.15, 0.2) is 5.82 Å². The summed E-state index contributed by atoms with van der Waals surface area (Å²) in [7, 11) is 0. The highest BCUT2D eigenvalue weighted by Crippen LogP contribution is 2.50. The number of aromatic nitrogens is 3. The minimum Gasteiger partial charge on any atom is -0.333 e.